The van der Waals surface area contributed by atoms with Crippen LogP contribution in [-0.2, 0) is 16.6 Å². The zero-order chi connectivity index (χ0) is 28.8. The monoisotopic (exact) mass is 553 g/mol. The highest BCUT2D eigenvalue weighted by atomic mass is 16.5. The van der Waals surface area contributed by atoms with Crippen LogP contribution in [0.15, 0.2) is 66.7 Å². The van der Waals surface area contributed by atoms with Crippen molar-refractivity contribution in [1.29, 1.82) is 0 Å². The Morgan fingerprint density at radius 2 is 1.59 bits per heavy atom. The van der Waals surface area contributed by atoms with Gasteiger partial charge in [0.2, 0.25) is 5.91 Å². The number of fused-ring (bicyclic) bond motifs is 2. The lowest BCUT2D eigenvalue weighted by Gasteiger charge is -2.28. The molecule has 4 nitrogen and oxygen atoms in total. The van der Waals surface area contributed by atoms with Crippen LogP contribution < -0.4 is 10.1 Å². The molecule has 0 spiro atoms. The van der Waals surface area contributed by atoms with Crippen molar-refractivity contribution in [3.63, 3.8) is 0 Å². The molecule has 218 valence electrons. The van der Waals surface area contributed by atoms with Crippen LogP contribution in [0.5, 0.6) is 11.5 Å². The summed E-state index contributed by atoms with van der Waals surface area (Å²) < 4.78 is 6.14. The van der Waals surface area contributed by atoms with Crippen LogP contribution in [0.2, 0.25) is 0 Å². The zero-order valence-electron chi connectivity index (χ0n) is 25.1. The molecule has 1 heterocycles. The van der Waals surface area contributed by atoms with Gasteiger partial charge in [-0.3, -0.25) is 4.79 Å². The smallest absolute Gasteiger partial charge is 0.225 e. The van der Waals surface area contributed by atoms with Crippen molar-refractivity contribution in [1.82, 2.24) is 0 Å². The van der Waals surface area contributed by atoms with E-state index in [-0.39, 0.29) is 23.3 Å². The lowest BCUT2D eigenvalue weighted by Crippen LogP contribution is -2.22. The molecule has 1 saturated carbocycles. The van der Waals surface area contributed by atoms with E-state index < -0.39 is 0 Å². The van der Waals surface area contributed by atoms with Crippen LogP contribution in [0.4, 0.5) is 5.69 Å². The Morgan fingerprint density at radius 1 is 0.927 bits per heavy atom. The van der Waals surface area contributed by atoms with E-state index in [0.717, 1.165) is 65.5 Å². The van der Waals surface area contributed by atoms with Crippen LogP contribution in [0, 0.1) is 5.92 Å². The molecule has 2 aliphatic rings. The van der Waals surface area contributed by atoms with Crippen LogP contribution in [0.25, 0.3) is 0 Å². The highest BCUT2D eigenvalue weighted by Gasteiger charge is 2.29. The average Bonchev–Trinajstić information content (AvgIpc) is 2.96. The molecule has 4 heteroatoms. The highest BCUT2D eigenvalue weighted by molar-refractivity contribution is 5.93. The molecule has 0 saturated heterocycles. The molecule has 1 fully saturated rings. The van der Waals surface area contributed by atoms with E-state index in [1.165, 1.54) is 44.1 Å². The standard InChI is InChI=1S/C37H47NO3/c1-37(2,3)32-23-21-27(14-11-15-28(39)22-20-26-12-5-4-6-13-26)24-33(32)38-36(40)25-31-29-16-7-9-18-34(29)41-35-19-10-8-17-30(31)35/h7-10,16-19,21,23-24,26,28,31,39H,4-6,11-15,20,22,25H2,1-3H3,(H,38,40). The number of ether oxygens (including phenoxy) is 1. The molecular weight excluding hydrogens is 506 g/mol. The van der Waals surface area contributed by atoms with Gasteiger partial charge < -0.3 is 15.2 Å². The number of anilines is 1. The van der Waals surface area contributed by atoms with Crippen molar-refractivity contribution < 1.29 is 14.6 Å². The van der Waals surface area contributed by atoms with E-state index >= 15 is 0 Å². The quantitative estimate of drug-likeness (QED) is 0.263. The van der Waals surface area contributed by atoms with Gasteiger partial charge in [0, 0.05) is 29.2 Å². The van der Waals surface area contributed by atoms with Gasteiger partial charge in [0.15, 0.2) is 0 Å². The van der Waals surface area contributed by atoms with Gasteiger partial charge >= 0.3 is 0 Å². The maximum atomic E-state index is 13.6. The Labute approximate surface area is 246 Å². The van der Waals surface area contributed by atoms with Crippen molar-refractivity contribution in [2.24, 2.45) is 5.92 Å². The summed E-state index contributed by atoms with van der Waals surface area (Å²) in [5, 5.41) is 13.9. The molecule has 41 heavy (non-hydrogen) atoms. The number of nitrogens with one attached hydrogen (secondary N) is 1. The van der Waals surface area contributed by atoms with E-state index in [1.807, 2.05) is 36.4 Å². The Morgan fingerprint density at radius 3 is 2.24 bits per heavy atom. The van der Waals surface area contributed by atoms with Gasteiger partial charge in [-0.25, -0.2) is 0 Å². The molecule has 3 aromatic carbocycles. The number of carbonyl (C=O) groups is 1. The maximum Gasteiger partial charge on any atom is 0.225 e. The number of carbonyl (C=O) groups excluding carboxylic acids is 1. The molecule has 5 rings (SSSR count). The molecule has 1 aliphatic carbocycles. The van der Waals surface area contributed by atoms with Gasteiger partial charge in [0.05, 0.1) is 6.10 Å². The Balaban J connectivity index is 1.24. The Kier molecular flexibility index (Phi) is 9.49. The molecule has 2 N–H and O–H groups in total. The summed E-state index contributed by atoms with van der Waals surface area (Å²) in [4.78, 5) is 13.6. The molecule has 3 aromatic rings. The number of amides is 1. The van der Waals surface area contributed by atoms with Gasteiger partial charge in [-0.15, -0.1) is 0 Å². The molecule has 0 radical (unpaired) electrons. The van der Waals surface area contributed by atoms with E-state index in [0.29, 0.717) is 6.42 Å². The summed E-state index contributed by atoms with van der Waals surface area (Å²) in [6.45, 7) is 6.56. The van der Waals surface area contributed by atoms with Gasteiger partial charge in [0.1, 0.15) is 11.5 Å². The second-order valence-corrected chi connectivity index (χ2v) is 13.2. The average molecular weight is 554 g/mol. The predicted octanol–water partition coefficient (Wildman–Crippen LogP) is 9.29. The number of benzene rings is 3. The normalized spacial score (nSPS) is 16.4. The molecule has 0 aromatic heterocycles. The van der Waals surface area contributed by atoms with Gasteiger partial charge in [-0.2, -0.15) is 0 Å². The first-order valence-electron chi connectivity index (χ1n) is 15.7. The SMILES string of the molecule is CC(C)(C)c1ccc(CCCC(O)CCC2CCCCC2)cc1NC(=O)CC1c2ccccc2Oc2ccccc21. The van der Waals surface area contributed by atoms with Crippen molar-refractivity contribution in [3.8, 4) is 11.5 Å². The van der Waals surface area contributed by atoms with Crippen LogP contribution in [-0.4, -0.2) is 17.1 Å². The topological polar surface area (TPSA) is 58.6 Å². The number of hydrogen-bond donors (Lipinski definition) is 2. The fourth-order valence-electron chi connectivity index (χ4n) is 6.71. The van der Waals surface area contributed by atoms with Crippen molar-refractivity contribution in [3.05, 3.63) is 89.0 Å². The lowest BCUT2D eigenvalue weighted by atomic mass is 9.84. The Bertz CT molecular complexity index is 1270. The number of rotatable bonds is 10. The summed E-state index contributed by atoms with van der Waals surface area (Å²) in [6.07, 6.45) is 11.7. The van der Waals surface area contributed by atoms with E-state index in [2.05, 4.69) is 56.4 Å². The summed E-state index contributed by atoms with van der Waals surface area (Å²) in [6, 6.07) is 22.6. The minimum Gasteiger partial charge on any atom is -0.457 e. The number of para-hydroxylation sites is 2. The second-order valence-electron chi connectivity index (χ2n) is 13.2. The fourth-order valence-corrected chi connectivity index (χ4v) is 6.71. The second kappa shape index (κ2) is 13.2. The molecule has 1 amide bonds. The first-order chi connectivity index (χ1) is 19.8. The lowest BCUT2D eigenvalue weighted by molar-refractivity contribution is -0.116. The van der Waals surface area contributed by atoms with Crippen LogP contribution in [0.3, 0.4) is 0 Å². The molecule has 0 bridgehead atoms. The summed E-state index contributed by atoms with van der Waals surface area (Å²) >= 11 is 0. The molecule has 1 unspecified atom stereocenters. The van der Waals surface area contributed by atoms with Crippen molar-refractivity contribution >= 4 is 11.6 Å². The number of aliphatic hydroxyl groups is 1. The predicted molar refractivity (Wildman–Crippen MR) is 168 cm³/mol. The Hall–Kier alpha value is -3.11. The maximum absolute atomic E-state index is 13.6. The van der Waals surface area contributed by atoms with Gasteiger partial charge in [-0.1, -0.05) is 101 Å². The van der Waals surface area contributed by atoms with E-state index in [9.17, 15) is 9.90 Å². The summed E-state index contributed by atoms with van der Waals surface area (Å²) in [7, 11) is 0. The third-order valence-electron chi connectivity index (χ3n) is 9.00. The van der Waals surface area contributed by atoms with Gasteiger partial charge in [-0.05, 0) is 72.8 Å². The number of hydrogen-bond acceptors (Lipinski definition) is 3. The highest BCUT2D eigenvalue weighted by Crippen LogP contribution is 2.45. The first kappa shape index (κ1) is 29.4. The zero-order valence-corrected chi connectivity index (χ0v) is 25.1. The first-order valence-corrected chi connectivity index (χ1v) is 15.7. The summed E-state index contributed by atoms with van der Waals surface area (Å²) in [5.41, 5.74) is 5.23. The molecular formula is C37H47NO3. The van der Waals surface area contributed by atoms with Crippen molar-refractivity contribution in [2.75, 3.05) is 5.32 Å². The summed E-state index contributed by atoms with van der Waals surface area (Å²) in [5.74, 6) is 2.40. The minimum absolute atomic E-state index is 0.00212. The van der Waals surface area contributed by atoms with Gasteiger partial charge in [0.25, 0.3) is 0 Å². The molecule has 1 atom stereocenters. The third kappa shape index (κ3) is 7.60. The minimum atomic E-state index is -0.213. The number of aryl methyl sites for hydroxylation is 1. The van der Waals surface area contributed by atoms with E-state index in [1.54, 1.807) is 0 Å². The van der Waals surface area contributed by atoms with Crippen LogP contribution in [0.1, 0.15) is 113 Å². The van der Waals surface area contributed by atoms with Crippen molar-refractivity contribution in [2.45, 2.75) is 109 Å². The fraction of sp³-hybridized carbons (Fsp3) is 0.486. The van der Waals surface area contributed by atoms with E-state index in [4.69, 9.17) is 4.74 Å². The third-order valence-corrected chi connectivity index (χ3v) is 9.00. The van der Waals surface area contributed by atoms with Crippen LogP contribution >= 0.6 is 0 Å². The number of aliphatic hydroxyl groups excluding tert-OH is 1. The molecule has 1 aliphatic heterocycles. The largest absolute Gasteiger partial charge is 0.457 e.